The first-order valence-electron chi connectivity index (χ1n) is 6.23. The Kier molecular flexibility index (Phi) is 2.59. The van der Waals surface area contributed by atoms with Crippen molar-refractivity contribution in [3.05, 3.63) is 42.2 Å². The number of nitrogens with two attached hydrogens (primary N) is 1. The van der Waals surface area contributed by atoms with E-state index >= 15 is 0 Å². The number of nitrogen functional groups attached to an aromatic ring is 1. The van der Waals surface area contributed by atoms with Crippen LogP contribution in [0.5, 0.6) is 17.2 Å². The van der Waals surface area contributed by atoms with Crippen LogP contribution in [0.25, 0.3) is 0 Å². The van der Waals surface area contributed by atoms with Gasteiger partial charge in [0, 0.05) is 24.2 Å². The molecule has 19 heavy (non-hydrogen) atoms. The van der Waals surface area contributed by atoms with Gasteiger partial charge in [-0.2, -0.15) is 0 Å². The first-order chi connectivity index (χ1) is 9.05. The average Bonchev–Trinajstić information content (AvgIpc) is 2.67. The number of benzene rings is 1. The van der Waals surface area contributed by atoms with Crippen molar-refractivity contribution in [1.29, 1.82) is 0 Å². The molecule has 0 saturated carbocycles. The van der Waals surface area contributed by atoms with Crippen LogP contribution in [-0.4, -0.2) is 10.6 Å². The second-order valence-corrected chi connectivity index (χ2v) is 5.30. The summed E-state index contributed by atoms with van der Waals surface area (Å²) in [5.74, 6) is 2.10. The highest BCUT2D eigenvalue weighted by Crippen LogP contribution is 2.43. The van der Waals surface area contributed by atoms with E-state index in [-0.39, 0.29) is 5.60 Å². The molecule has 3 rings (SSSR count). The number of rotatable bonds is 2. The van der Waals surface area contributed by atoms with Crippen molar-refractivity contribution >= 4 is 5.69 Å². The Bertz CT molecular complexity index is 623. The van der Waals surface area contributed by atoms with Crippen molar-refractivity contribution in [2.45, 2.75) is 25.9 Å². The summed E-state index contributed by atoms with van der Waals surface area (Å²) in [5, 5.41) is 0. The van der Waals surface area contributed by atoms with E-state index in [0.29, 0.717) is 17.2 Å². The van der Waals surface area contributed by atoms with Gasteiger partial charge in [-0.1, -0.05) is 12.1 Å². The topological polar surface area (TPSA) is 57.4 Å². The SMILES string of the molecule is CC1(C)Cc2cccc(Oc3ccncc3N)c2O1. The summed E-state index contributed by atoms with van der Waals surface area (Å²) < 4.78 is 11.8. The minimum Gasteiger partial charge on any atom is -0.483 e. The molecule has 0 unspecified atom stereocenters. The molecule has 1 aromatic heterocycles. The standard InChI is InChI=1S/C15H16N2O2/c1-15(2)8-10-4-3-5-13(14(10)19-15)18-12-6-7-17-9-11(12)16/h3-7,9H,8,16H2,1-2H3. The molecule has 0 aliphatic carbocycles. The van der Waals surface area contributed by atoms with Crippen LogP contribution in [0.2, 0.25) is 0 Å². The van der Waals surface area contributed by atoms with Crippen molar-refractivity contribution in [3.8, 4) is 17.2 Å². The van der Waals surface area contributed by atoms with Gasteiger partial charge >= 0.3 is 0 Å². The smallest absolute Gasteiger partial charge is 0.169 e. The number of ether oxygens (including phenoxy) is 2. The first kappa shape index (κ1) is 11.8. The van der Waals surface area contributed by atoms with Crippen LogP contribution in [0.15, 0.2) is 36.7 Å². The van der Waals surface area contributed by atoms with Gasteiger partial charge in [-0.15, -0.1) is 0 Å². The van der Waals surface area contributed by atoms with Gasteiger partial charge in [0.15, 0.2) is 17.2 Å². The lowest BCUT2D eigenvalue weighted by atomic mass is 10.0. The second-order valence-electron chi connectivity index (χ2n) is 5.30. The Labute approximate surface area is 112 Å². The third-order valence-corrected chi connectivity index (χ3v) is 3.09. The van der Waals surface area contributed by atoms with Crippen LogP contribution in [-0.2, 0) is 6.42 Å². The fourth-order valence-corrected chi connectivity index (χ4v) is 2.27. The van der Waals surface area contributed by atoms with Gasteiger partial charge in [0.05, 0.1) is 11.9 Å². The van der Waals surface area contributed by atoms with Crippen LogP contribution in [0.4, 0.5) is 5.69 Å². The maximum atomic E-state index is 5.96. The van der Waals surface area contributed by atoms with Crippen molar-refractivity contribution < 1.29 is 9.47 Å². The number of anilines is 1. The molecule has 1 aromatic carbocycles. The number of fused-ring (bicyclic) bond motifs is 1. The Morgan fingerprint density at radius 2 is 2.11 bits per heavy atom. The number of nitrogens with zero attached hydrogens (tertiary/aromatic N) is 1. The molecule has 0 atom stereocenters. The normalized spacial score (nSPS) is 15.7. The number of hydrogen-bond acceptors (Lipinski definition) is 4. The molecule has 0 radical (unpaired) electrons. The molecular formula is C15H16N2O2. The fourth-order valence-electron chi connectivity index (χ4n) is 2.27. The zero-order valence-electron chi connectivity index (χ0n) is 11.0. The second kappa shape index (κ2) is 4.16. The minimum atomic E-state index is -0.189. The molecule has 98 valence electrons. The molecule has 1 aliphatic rings. The molecule has 4 nitrogen and oxygen atoms in total. The lowest BCUT2D eigenvalue weighted by Crippen LogP contribution is -2.24. The predicted molar refractivity (Wildman–Crippen MR) is 73.6 cm³/mol. The molecule has 2 aromatic rings. The summed E-state index contributed by atoms with van der Waals surface area (Å²) in [6.07, 6.45) is 4.11. The van der Waals surface area contributed by atoms with E-state index in [1.165, 1.54) is 0 Å². The molecule has 0 fully saturated rings. The minimum absolute atomic E-state index is 0.189. The Hall–Kier alpha value is -2.23. The zero-order chi connectivity index (χ0) is 13.5. The Morgan fingerprint density at radius 1 is 1.26 bits per heavy atom. The van der Waals surface area contributed by atoms with Crippen molar-refractivity contribution in [2.24, 2.45) is 0 Å². The third-order valence-electron chi connectivity index (χ3n) is 3.09. The lowest BCUT2D eigenvalue weighted by Gasteiger charge is -2.18. The van der Waals surface area contributed by atoms with Crippen LogP contribution in [0, 0.1) is 0 Å². The number of pyridine rings is 1. The highest BCUT2D eigenvalue weighted by molar-refractivity contribution is 5.56. The molecular weight excluding hydrogens is 240 g/mol. The van der Waals surface area contributed by atoms with E-state index in [0.717, 1.165) is 17.7 Å². The van der Waals surface area contributed by atoms with Gasteiger partial charge in [0.2, 0.25) is 0 Å². The van der Waals surface area contributed by atoms with E-state index < -0.39 is 0 Å². The van der Waals surface area contributed by atoms with E-state index in [4.69, 9.17) is 15.2 Å². The van der Waals surface area contributed by atoms with E-state index in [9.17, 15) is 0 Å². The molecule has 2 heterocycles. The predicted octanol–water partition coefficient (Wildman–Crippen LogP) is 3.17. The number of hydrogen-bond donors (Lipinski definition) is 1. The van der Waals surface area contributed by atoms with Crippen molar-refractivity contribution in [1.82, 2.24) is 4.98 Å². The van der Waals surface area contributed by atoms with E-state index in [2.05, 4.69) is 24.9 Å². The summed E-state index contributed by atoms with van der Waals surface area (Å²) in [7, 11) is 0. The van der Waals surface area contributed by atoms with Gasteiger partial charge in [0.25, 0.3) is 0 Å². The number of para-hydroxylation sites is 1. The fraction of sp³-hybridized carbons (Fsp3) is 0.267. The van der Waals surface area contributed by atoms with E-state index in [1.54, 1.807) is 18.5 Å². The van der Waals surface area contributed by atoms with Gasteiger partial charge in [-0.25, -0.2) is 0 Å². The molecule has 0 spiro atoms. The molecule has 2 N–H and O–H groups in total. The van der Waals surface area contributed by atoms with Gasteiger partial charge < -0.3 is 15.2 Å². The van der Waals surface area contributed by atoms with Gasteiger partial charge in [0.1, 0.15) is 5.60 Å². The summed E-state index contributed by atoms with van der Waals surface area (Å²) in [4.78, 5) is 3.95. The summed E-state index contributed by atoms with van der Waals surface area (Å²) >= 11 is 0. The van der Waals surface area contributed by atoms with Crippen molar-refractivity contribution in [3.63, 3.8) is 0 Å². The Morgan fingerprint density at radius 3 is 2.89 bits per heavy atom. The maximum absolute atomic E-state index is 5.96. The van der Waals surface area contributed by atoms with Crippen LogP contribution in [0.1, 0.15) is 19.4 Å². The molecule has 4 heteroatoms. The largest absolute Gasteiger partial charge is 0.483 e. The molecule has 0 bridgehead atoms. The molecule has 0 amide bonds. The first-order valence-corrected chi connectivity index (χ1v) is 6.23. The summed E-state index contributed by atoms with van der Waals surface area (Å²) in [6, 6.07) is 7.66. The maximum Gasteiger partial charge on any atom is 0.169 e. The van der Waals surface area contributed by atoms with Crippen LogP contribution < -0.4 is 15.2 Å². The average molecular weight is 256 g/mol. The van der Waals surface area contributed by atoms with Gasteiger partial charge in [-0.05, 0) is 19.9 Å². The third kappa shape index (κ3) is 2.21. The van der Waals surface area contributed by atoms with Crippen LogP contribution in [0.3, 0.4) is 0 Å². The Balaban J connectivity index is 1.96. The zero-order valence-corrected chi connectivity index (χ0v) is 11.0. The molecule has 0 saturated heterocycles. The van der Waals surface area contributed by atoms with E-state index in [1.807, 2.05) is 12.1 Å². The van der Waals surface area contributed by atoms with Crippen molar-refractivity contribution in [2.75, 3.05) is 5.73 Å². The summed E-state index contributed by atoms with van der Waals surface area (Å²) in [6.45, 7) is 4.13. The highest BCUT2D eigenvalue weighted by atomic mass is 16.5. The lowest BCUT2D eigenvalue weighted by molar-refractivity contribution is 0.135. The summed E-state index contributed by atoms with van der Waals surface area (Å²) in [5.41, 5.74) is 7.32. The van der Waals surface area contributed by atoms with Gasteiger partial charge in [-0.3, -0.25) is 4.98 Å². The monoisotopic (exact) mass is 256 g/mol. The highest BCUT2D eigenvalue weighted by Gasteiger charge is 2.32. The quantitative estimate of drug-likeness (QED) is 0.896. The molecule has 1 aliphatic heterocycles. The van der Waals surface area contributed by atoms with Crippen LogP contribution >= 0.6 is 0 Å². The number of aromatic nitrogens is 1.